The van der Waals surface area contributed by atoms with Crippen LogP contribution in [0.15, 0.2) is 29.2 Å². The number of nitrogens with zero attached hydrogens (tertiary/aromatic N) is 1. The quantitative estimate of drug-likeness (QED) is 0.712. The summed E-state index contributed by atoms with van der Waals surface area (Å²) in [5.74, 6) is -0.175. The van der Waals surface area contributed by atoms with E-state index in [0.29, 0.717) is 37.4 Å². The summed E-state index contributed by atoms with van der Waals surface area (Å²) >= 11 is 0. The number of carbonyl (C=O) groups is 1. The lowest BCUT2D eigenvalue weighted by Gasteiger charge is -2.32. The molecule has 8 heteroatoms. The Labute approximate surface area is 169 Å². The second-order valence-electron chi connectivity index (χ2n) is 7.28. The van der Waals surface area contributed by atoms with Crippen molar-refractivity contribution in [2.75, 3.05) is 19.6 Å². The molecule has 0 aliphatic carbocycles. The molecule has 0 radical (unpaired) electrons. The number of benzene rings is 1. The Hall–Kier alpha value is -1.15. The standard InChI is InChI=1S/C19H31N3O3S.ClH/c1-4-19(20,5-2)14-21-18(23)16-10-12-22(13-11-16)26(24,25)17-8-6-15(3)7-9-17;/h6-9,16H,4-5,10-14,20H2,1-3H3,(H,21,23);1H. The number of sulfonamides is 1. The van der Waals surface area contributed by atoms with Crippen molar-refractivity contribution in [3.8, 4) is 0 Å². The van der Waals surface area contributed by atoms with Gasteiger partial charge in [0.2, 0.25) is 15.9 Å². The van der Waals surface area contributed by atoms with Crippen molar-refractivity contribution in [3.05, 3.63) is 29.8 Å². The summed E-state index contributed by atoms with van der Waals surface area (Å²) in [6.45, 7) is 7.15. The van der Waals surface area contributed by atoms with Gasteiger partial charge in [-0.15, -0.1) is 12.4 Å². The number of amides is 1. The molecule has 6 nitrogen and oxygen atoms in total. The van der Waals surface area contributed by atoms with Gasteiger partial charge in [-0.3, -0.25) is 4.79 Å². The van der Waals surface area contributed by atoms with Crippen LogP contribution in [0.3, 0.4) is 0 Å². The van der Waals surface area contributed by atoms with Gasteiger partial charge >= 0.3 is 0 Å². The van der Waals surface area contributed by atoms with Crippen LogP contribution in [0, 0.1) is 12.8 Å². The van der Waals surface area contributed by atoms with Crippen molar-refractivity contribution < 1.29 is 13.2 Å². The van der Waals surface area contributed by atoms with E-state index in [1.807, 2.05) is 20.8 Å². The first-order valence-corrected chi connectivity index (χ1v) is 10.8. The summed E-state index contributed by atoms with van der Waals surface area (Å²) < 4.78 is 26.9. The fourth-order valence-corrected chi connectivity index (χ4v) is 4.59. The number of hydrogen-bond acceptors (Lipinski definition) is 4. The molecule has 0 saturated carbocycles. The maximum absolute atomic E-state index is 12.7. The Kier molecular flexibility index (Phi) is 8.73. The summed E-state index contributed by atoms with van der Waals surface area (Å²) in [5, 5.41) is 2.95. The summed E-state index contributed by atoms with van der Waals surface area (Å²) in [6.07, 6.45) is 2.67. The Bertz CT molecular complexity index is 710. The van der Waals surface area contributed by atoms with Crippen molar-refractivity contribution in [2.24, 2.45) is 11.7 Å². The van der Waals surface area contributed by atoms with Crippen LogP contribution < -0.4 is 11.1 Å². The van der Waals surface area contributed by atoms with E-state index in [1.165, 1.54) is 4.31 Å². The van der Waals surface area contributed by atoms with Crippen LogP contribution in [0.5, 0.6) is 0 Å². The Morgan fingerprint density at radius 2 is 1.70 bits per heavy atom. The second-order valence-corrected chi connectivity index (χ2v) is 9.22. The van der Waals surface area contributed by atoms with E-state index in [2.05, 4.69) is 5.32 Å². The number of nitrogens with two attached hydrogens (primary N) is 1. The Morgan fingerprint density at radius 1 is 1.19 bits per heavy atom. The molecule has 27 heavy (non-hydrogen) atoms. The molecular weight excluding hydrogens is 386 g/mol. The van der Waals surface area contributed by atoms with Crippen LogP contribution >= 0.6 is 12.4 Å². The van der Waals surface area contributed by atoms with Gasteiger partial charge in [0.25, 0.3) is 0 Å². The monoisotopic (exact) mass is 417 g/mol. The number of nitrogens with one attached hydrogen (secondary N) is 1. The molecule has 1 aliphatic heterocycles. The highest BCUT2D eigenvalue weighted by Crippen LogP contribution is 2.24. The van der Waals surface area contributed by atoms with Gasteiger partial charge in [0.1, 0.15) is 0 Å². The average molecular weight is 418 g/mol. The highest BCUT2D eigenvalue weighted by Gasteiger charge is 2.32. The molecule has 1 heterocycles. The van der Waals surface area contributed by atoms with Crippen LogP contribution in [0.2, 0.25) is 0 Å². The smallest absolute Gasteiger partial charge is 0.243 e. The molecule has 1 amide bonds. The summed E-state index contributed by atoms with van der Waals surface area (Å²) in [6, 6.07) is 6.88. The van der Waals surface area contributed by atoms with Gasteiger partial charge in [0, 0.05) is 31.1 Å². The number of carbonyl (C=O) groups excluding carboxylic acids is 1. The van der Waals surface area contributed by atoms with E-state index in [0.717, 1.165) is 18.4 Å². The van der Waals surface area contributed by atoms with Crippen molar-refractivity contribution in [1.82, 2.24) is 9.62 Å². The molecular formula is C19H32ClN3O3S. The average Bonchev–Trinajstić information content (AvgIpc) is 2.66. The van der Waals surface area contributed by atoms with Gasteiger partial charge in [-0.25, -0.2) is 8.42 Å². The van der Waals surface area contributed by atoms with E-state index in [4.69, 9.17) is 5.73 Å². The lowest BCUT2D eigenvalue weighted by Crippen LogP contribution is -2.51. The van der Waals surface area contributed by atoms with Gasteiger partial charge in [-0.2, -0.15) is 4.31 Å². The molecule has 0 aromatic heterocycles. The molecule has 0 unspecified atom stereocenters. The topological polar surface area (TPSA) is 92.5 Å². The molecule has 0 bridgehead atoms. The predicted octanol–water partition coefficient (Wildman–Crippen LogP) is 2.45. The third-order valence-electron chi connectivity index (χ3n) is 5.51. The number of halogens is 1. The minimum atomic E-state index is -3.49. The summed E-state index contributed by atoms with van der Waals surface area (Å²) in [5.41, 5.74) is 6.88. The molecule has 0 spiro atoms. The molecule has 1 aliphatic rings. The maximum atomic E-state index is 12.7. The van der Waals surface area contributed by atoms with Gasteiger partial charge in [-0.1, -0.05) is 31.5 Å². The van der Waals surface area contributed by atoms with Gasteiger partial charge in [0.15, 0.2) is 0 Å². The normalized spacial score (nSPS) is 16.6. The molecule has 1 aromatic carbocycles. The van der Waals surface area contributed by atoms with E-state index in [9.17, 15) is 13.2 Å². The number of piperidine rings is 1. The Balaban J connectivity index is 0.00000364. The first-order chi connectivity index (χ1) is 12.2. The molecule has 1 fully saturated rings. The van der Waals surface area contributed by atoms with Crippen molar-refractivity contribution in [2.45, 2.75) is 56.9 Å². The van der Waals surface area contributed by atoms with Crippen LogP contribution in [-0.2, 0) is 14.8 Å². The molecule has 1 aromatic rings. The SMILES string of the molecule is CCC(N)(CC)CNC(=O)C1CCN(S(=O)(=O)c2ccc(C)cc2)CC1.Cl. The fraction of sp³-hybridized carbons (Fsp3) is 0.632. The van der Waals surface area contributed by atoms with Crippen molar-refractivity contribution in [1.29, 1.82) is 0 Å². The third kappa shape index (κ3) is 5.91. The predicted molar refractivity (Wildman–Crippen MR) is 110 cm³/mol. The highest BCUT2D eigenvalue weighted by atomic mass is 35.5. The largest absolute Gasteiger partial charge is 0.354 e. The van der Waals surface area contributed by atoms with Crippen LogP contribution in [0.25, 0.3) is 0 Å². The van der Waals surface area contributed by atoms with Gasteiger partial charge < -0.3 is 11.1 Å². The zero-order chi connectivity index (χ0) is 19.4. The van der Waals surface area contributed by atoms with Gasteiger partial charge in [0.05, 0.1) is 4.90 Å². The van der Waals surface area contributed by atoms with Crippen molar-refractivity contribution in [3.63, 3.8) is 0 Å². The number of hydrogen-bond donors (Lipinski definition) is 2. The highest BCUT2D eigenvalue weighted by molar-refractivity contribution is 7.89. The zero-order valence-electron chi connectivity index (χ0n) is 16.4. The lowest BCUT2D eigenvalue weighted by atomic mass is 9.93. The zero-order valence-corrected chi connectivity index (χ0v) is 18.0. The van der Waals surface area contributed by atoms with E-state index in [-0.39, 0.29) is 29.8 Å². The maximum Gasteiger partial charge on any atom is 0.243 e. The molecule has 2 rings (SSSR count). The molecule has 0 atom stereocenters. The number of rotatable bonds is 7. The Morgan fingerprint density at radius 3 is 2.19 bits per heavy atom. The minimum absolute atomic E-state index is 0. The van der Waals surface area contributed by atoms with E-state index in [1.54, 1.807) is 24.3 Å². The molecule has 154 valence electrons. The third-order valence-corrected chi connectivity index (χ3v) is 7.42. The molecule has 1 saturated heterocycles. The first kappa shape index (κ1) is 23.9. The van der Waals surface area contributed by atoms with Crippen LogP contribution in [-0.4, -0.2) is 43.8 Å². The van der Waals surface area contributed by atoms with E-state index >= 15 is 0 Å². The number of aryl methyl sites for hydroxylation is 1. The summed E-state index contributed by atoms with van der Waals surface area (Å²) in [4.78, 5) is 12.7. The van der Waals surface area contributed by atoms with E-state index < -0.39 is 10.0 Å². The minimum Gasteiger partial charge on any atom is -0.354 e. The van der Waals surface area contributed by atoms with Crippen molar-refractivity contribution >= 4 is 28.3 Å². The van der Waals surface area contributed by atoms with Gasteiger partial charge in [-0.05, 0) is 44.7 Å². The first-order valence-electron chi connectivity index (χ1n) is 9.35. The summed E-state index contributed by atoms with van der Waals surface area (Å²) in [7, 11) is -3.49. The second kappa shape index (κ2) is 9.87. The molecule has 3 N–H and O–H groups in total. The lowest BCUT2D eigenvalue weighted by molar-refractivity contribution is -0.126. The fourth-order valence-electron chi connectivity index (χ4n) is 3.13. The van der Waals surface area contributed by atoms with Crippen LogP contribution in [0.1, 0.15) is 45.1 Å². The van der Waals surface area contributed by atoms with Crippen LogP contribution in [0.4, 0.5) is 0 Å².